The van der Waals surface area contributed by atoms with Gasteiger partial charge in [0, 0.05) is 25.2 Å². The average molecular weight is 440 g/mol. The second kappa shape index (κ2) is 9.69. The number of nitrogens with zero attached hydrogens (tertiary/aromatic N) is 4. The summed E-state index contributed by atoms with van der Waals surface area (Å²) in [5, 5.41) is 6.00. The van der Waals surface area contributed by atoms with E-state index in [-0.39, 0.29) is 0 Å². The summed E-state index contributed by atoms with van der Waals surface area (Å²) in [5.74, 6) is 0.315. The van der Waals surface area contributed by atoms with Crippen LogP contribution >= 0.6 is 11.6 Å². The minimum absolute atomic E-state index is 0.315. The van der Waals surface area contributed by atoms with Crippen molar-refractivity contribution in [3.63, 3.8) is 0 Å². The quantitative estimate of drug-likeness (QED) is 0.558. The second-order valence-corrected chi connectivity index (χ2v) is 7.28. The van der Waals surface area contributed by atoms with E-state index in [4.69, 9.17) is 22.1 Å². The topological polar surface area (TPSA) is 118 Å². The van der Waals surface area contributed by atoms with Crippen LogP contribution in [-0.4, -0.2) is 47.3 Å². The van der Waals surface area contributed by atoms with Crippen molar-refractivity contribution < 1.29 is 9.53 Å². The predicted molar refractivity (Wildman–Crippen MR) is 120 cm³/mol. The Hall–Kier alpha value is -3.27. The van der Waals surface area contributed by atoms with Crippen LogP contribution in [0.1, 0.15) is 5.69 Å². The van der Waals surface area contributed by atoms with E-state index in [2.05, 4.69) is 30.5 Å². The molecule has 1 aliphatic heterocycles. The van der Waals surface area contributed by atoms with Crippen LogP contribution in [0.2, 0.25) is 5.02 Å². The molecule has 2 amide bonds. The van der Waals surface area contributed by atoms with Gasteiger partial charge in [-0.2, -0.15) is 0 Å². The Balaban J connectivity index is 1.45. The molecule has 0 unspecified atom stereocenters. The lowest BCUT2D eigenvalue weighted by Crippen LogP contribution is -2.36. The maximum atomic E-state index is 12.3. The van der Waals surface area contributed by atoms with Gasteiger partial charge in [0.1, 0.15) is 0 Å². The molecule has 3 heterocycles. The van der Waals surface area contributed by atoms with Crippen molar-refractivity contribution in [3.05, 3.63) is 59.6 Å². The van der Waals surface area contributed by atoms with Crippen molar-refractivity contribution in [3.8, 4) is 11.3 Å². The van der Waals surface area contributed by atoms with E-state index in [0.29, 0.717) is 42.0 Å². The van der Waals surface area contributed by atoms with Crippen molar-refractivity contribution in [2.75, 3.05) is 41.8 Å². The maximum absolute atomic E-state index is 12.3. The average Bonchev–Trinajstić information content (AvgIpc) is 2.80. The van der Waals surface area contributed by atoms with Gasteiger partial charge in [0.05, 0.1) is 59.6 Å². The van der Waals surface area contributed by atoms with Crippen LogP contribution in [0.4, 0.5) is 22.0 Å². The monoisotopic (exact) mass is 439 g/mol. The van der Waals surface area contributed by atoms with Crippen molar-refractivity contribution in [1.82, 2.24) is 15.0 Å². The molecule has 0 saturated carbocycles. The molecular formula is C21H22ClN7O2. The van der Waals surface area contributed by atoms with E-state index in [0.717, 1.165) is 30.0 Å². The predicted octanol–water partition coefficient (Wildman–Crippen LogP) is 3.13. The van der Waals surface area contributed by atoms with Crippen LogP contribution in [0, 0.1) is 0 Å². The van der Waals surface area contributed by atoms with Crippen LogP contribution in [0.25, 0.3) is 11.3 Å². The minimum atomic E-state index is -0.450. The number of carbonyl (C=O) groups excluding carboxylic acids is 1. The number of nitrogens with two attached hydrogens (primary N) is 1. The highest BCUT2D eigenvalue weighted by Gasteiger charge is 2.15. The summed E-state index contributed by atoms with van der Waals surface area (Å²) < 4.78 is 5.40. The number of hydrogen-bond donors (Lipinski definition) is 3. The Labute approximate surface area is 184 Å². The number of amides is 2. The smallest absolute Gasteiger partial charge is 0.324 e. The Morgan fingerprint density at radius 2 is 1.97 bits per heavy atom. The molecule has 9 nitrogen and oxygen atoms in total. The van der Waals surface area contributed by atoms with Crippen LogP contribution in [0.3, 0.4) is 0 Å². The number of aromatic nitrogens is 3. The molecule has 0 atom stereocenters. The number of ether oxygens (including phenoxy) is 1. The third kappa shape index (κ3) is 5.26. The molecule has 31 heavy (non-hydrogen) atoms. The molecule has 0 radical (unpaired) electrons. The fourth-order valence-corrected chi connectivity index (χ4v) is 3.49. The zero-order chi connectivity index (χ0) is 21.6. The summed E-state index contributed by atoms with van der Waals surface area (Å²) in [6.07, 6.45) is 4.64. The summed E-state index contributed by atoms with van der Waals surface area (Å²) in [7, 11) is 0. The zero-order valence-corrected chi connectivity index (χ0v) is 17.5. The molecule has 3 aromatic rings. The van der Waals surface area contributed by atoms with E-state index < -0.39 is 6.03 Å². The third-order valence-electron chi connectivity index (χ3n) is 4.76. The molecule has 10 heteroatoms. The second-order valence-electron chi connectivity index (χ2n) is 6.88. The normalized spacial score (nSPS) is 13.7. The molecule has 4 N–H and O–H groups in total. The fraction of sp³-hybridized carbons (Fsp3) is 0.238. The van der Waals surface area contributed by atoms with Crippen molar-refractivity contribution in [1.29, 1.82) is 0 Å². The van der Waals surface area contributed by atoms with E-state index in [1.54, 1.807) is 24.5 Å². The highest BCUT2D eigenvalue weighted by atomic mass is 35.5. The molecular weight excluding hydrogens is 418 g/mol. The number of halogens is 1. The zero-order valence-electron chi connectivity index (χ0n) is 16.7. The summed E-state index contributed by atoms with van der Waals surface area (Å²) >= 11 is 6.52. The van der Waals surface area contributed by atoms with Crippen LogP contribution in [0.15, 0.2) is 48.9 Å². The molecule has 160 valence electrons. The van der Waals surface area contributed by atoms with Crippen LogP contribution in [0.5, 0.6) is 0 Å². The van der Waals surface area contributed by atoms with Gasteiger partial charge in [-0.25, -0.2) is 9.78 Å². The van der Waals surface area contributed by atoms with Gasteiger partial charge in [0.2, 0.25) is 0 Å². The van der Waals surface area contributed by atoms with Gasteiger partial charge in [-0.3, -0.25) is 15.3 Å². The number of nitrogens with one attached hydrogen (secondary N) is 2. The Kier molecular flexibility index (Phi) is 6.56. The number of hydrogen-bond acceptors (Lipinski definition) is 7. The third-order valence-corrected chi connectivity index (χ3v) is 5.07. The Morgan fingerprint density at radius 3 is 2.68 bits per heavy atom. The van der Waals surface area contributed by atoms with Gasteiger partial charge in [0.25, 0.3) is 0 Å². The lowest BCUT2D eigenvalue weighted by molar-refractivity contribution is 0.122. The van der Waals surface area contributed by atoms with E-state index in [1.165, 1.54) is 6.20 Å². The number of morpholine rings is 1. The highest BCUT2D eigenvalue weighted by Crippen LogP contribution is 2.31. The number of benzene rings is 1. The fourth-order valence-electron chi connectivity index (χ4n) is 3.19. The van der Waals surface area contributed by atoms with Crippen molar-refractivity contribution in [2.45, 2.75) is 6.54 Å². The van der Waals surface area contributed by atoms with Crippen molar-refractivity contribution >= 4 is 34.8 Å². The Bertz CT molecular complexity index is 1060. The molecule has 0 bridgehead atoms. The van der Waals surface area contributed by atoms with Gasteiger partial charge >= 0.3 is 6.03 Å². The maximum Gasteiger partial charge on any atom is 0.324 e. The van der Waals surface area contributed by atoms with E-state index in [9.17, 15) is 4.79 Å². The molecule has 1 aliphatic rings. The first kappa shape index (κ1) is 21.0. The number of urea groups is 1. The molecule has 1 saturated heterocycles. The molecule has 1 fully saturated rings. The SMILES string of the molecule is NCc1ccc(NC(=O)Nc2cncc(-c3ccc(N4CCOCC4)c(Cl)c3)n2)cn1. The largest absolute Gasteiger partial charge is 0.378 e. The molecule has 0 aliphatic carbocycles. The number of carbonyl (C=O) groups is 1. The van der Waals surface area contributed by atoms with Gasteiger partial charge < -0.3 is 20.7 Å². The van der Waals surface area contributed by atoms with E-state index >= 15 is 0 Å². The van der Waals surface area contributed by atoms with E-state index in [1.807, 2.05) is 18.2 Å². The summed E-state index contributed by atoms with van der Waals surface area (Å²) in [6, 6.07) is 8.79. The van der Waals surface area contributed by atoms with Crippen LogP contribution < -0.4 is 21.3 Å². The highest BCUT2D eigenvalue weighted by molar-refractivity contribution is 6.33. The number of rotatable bonds is 5. The van der Waals surface area contributed by atoms with Gasteiger partial charge in [-0.1, -0.05) is 17.7 Å². The first-order valence-electron chi connectivity index (χ1n) is 9.80. The van der Waals surface area contributed by atoms with Gasteiger partial charge in [0.15, 0.2) is 5.82 Å². The number of anilines is 3. The van der Waals surface area contributed by atoms with Gasteiger partial charge in [-0.15, -0.1) is 0 Å². The minimum Gasteiger partial charge on any atom is -0.378 e. The Morgan fingerprint density at radius 1 is 1.13 bits per heavy atom. The lowest BCUT2D eigenvalue weighted by atomic mass is 10.1. The number of pyridine rings is 1. The molecule has 4 rings (SSSR count). The summed E-state index contributed by atoms with van der Waals surface area (Å²) in [6.45, 7) is 3.32. The van der Waals surface area contributed by atoms with Crippen molar-refractivity contribution in [2.24, 2.45) is 5.73 Å². The first-order chi connectivity index (χ1) is 15.1. The molecule has 0 spiro atoms. The first-order valence-corrected chi connectivity index (χ1v) is 10.2. The van der Waals surface area contributed by atoms with Crippen LogP contribution in [-0.2, 0) is 11.3 Å². The van der Waals surface area contributed by atoms with Gasteiger partial charge in [-0.05, 0) is 24.3 Å². The summed E-state index contributed by atoms with van der Waals surface area (Å²) in [5.41, 5.74) is 9.18. The summed E-state index contributed by atoms with van der Waals surface area (Å²) in [4.78, 5) is 27.3. The molecule has 1 aromatic carbocycles. The standard InChI is InChI=1S/C21H22ClN7O2/c22-17-9-14(1-4-19(17)29-5-7-31-8-6-29)18-12-24-13-20(27-18)28-21(30)26-16-3-2-15(10-23)25-11-16/h1-4,9,11-13H,5-8,10,23H2,(H2,26,27,28,30). The lowest BCUT2D eigenvalue weighted by Gasteiger charge is -2.29. The molecule has 2 aromatic heterocycles.